The third-order valence-corrected chi connectivity index (χ3v) is 8.54. The van der Waals surface area contributed by atoms with Crippen LogP contribution < -0.4 is 4.72 Å². The molecule has 0 radical (unpaired) electrons. The fourth-order valence-electron chi connectivity index (χ4n) is 5.45. The number of hydrogen-bond acceptors (Lipinski definition) is 3. The van der Waals surface area contributed by atoms with Crippen molar-refractivity contribution in [3.05, 3.63) is 29.8 Å². The number of anilines is 1. The highest BCUT2D eigenvalue weighted by Crippen LogP contribution is 2.41. The van der Waals surface area contributed by atoms with Gasteiger partial charge in [0.15, 0.2) is 0 Å². The Labute approximate surface area is 184 Å². The second-order valence-electron chi connectivity index (χ2n) is 11.1. The Kier molecular flexibility index (Phi) is 7.23. The molecule has 0 bridgehead atoms. The number of sulfonamides is 1. The highest BCUT2D eigenvalue weighted by Gasteiger charge is 2.38. The molecule has 5 heteroatoms. The second-order valence-corrected chi connectivity index (χ2v) is 12.8. The van der Waals surface area contributed by atoms with Crippen LogP contribution >= 0.6 is 0 Å². The number of hydrogen-bond donors (Lipinski definition) is 1. The van der Waals surface area contributed by atoms with Crippen LogP contribution in [0.3, 0.4) is 0 Å². The minimum atomic E-state index is -3.25. The van der Waals surface area contributed by atoms with Crippen molar-refractivity contribution in [2.45, 2.75) is 78.1 Å². The summed E-state index contributed by atoms with van der Waals surface area (Å²) in [5, 5.41) is 0. The molecule has 1 saturated carbocycles. The van der Waals surface area contributed by atoms with Crippen LogP contribution in [-0.4, -0.2) is 39.2 Å². The smallest absolute Gasteiger partial charge is 0.229 e. The number of nitrogens with one attached hydrogen (secondary N) is 1. The van der Waals surface area contributed by atoms with Crippen LogP contribution in [0.5, 0.6) is 0 Å². The van der Waals surface area contributed by atoms with E-state index in [1.165, 1.54) is 56.9 Å². The molecule has 2 fully saturated rings. The molecule has 3 rings (SSSR count). The van der Waals surface area contributed by atoms with Gasteiger partial charge in [-0.2, -0.15) is 0 Å². The predicted molar refractivity (Wildman–Crippen MR) is 127 cm³/mol. The minimum absolute atomic E-state index is 0.0840. The lowest BCUT2D eigenvalue weighted by atomic mass is 9.68. The van der Waals surface area contributed by atoms with E-state index >= 15 is 0 Å². The van der Waals surface area contributed by atoms with Gasteiger partial charge < -0.3 is 4.90 Å². The monoisotopic (exact) mass is 434 g/mol. The van der Waals surface area contributed by atoms with Gasteiger partial charge in [0.2, 0.25) is 10.0 Å². The molecule has 1 saturated heterocycles. The van der Waals surface area contributed by atoms with Gasteiger partial charge in [0, 0.05) is 12.2 Å². The van der Waals surface area contributed by atoms with Gasteiger partial charge in [-0.05, 0) is 98.4 Å². The summed E-state index contributed by atoms with van der Waals surface area (Å²) < 4.78 is 25.8. The SMILES string of the molecule is C[C@H]1CN(CCCC2CCC(C)(C)CC2)CC[C@]1(C)c1cccc(NS(C)(=O)=O)c1. The molecule has 1 N–H and O–H groups in total. The molecule has 30 heavy (non-hydrogen) atoms. The topological polar surface area (TPSA) is 49.4 Å². The maximum atomic E-state index is 11.6. The predicted octanol–water partition coefficient (Wildman–Crippen LogP) is 5.65. The summed E-state index contributed by atoms with van der Waals surface area (Å²) in [4.78, 5) is 2.65. The van der Waals surface area contributed by atoms with Crippen molar-refractivity contribution in [3.8, 4) is 0 Å². The Hall–Kier alpha value is -1.07. The van der Waals surface area contributed by atoms with Crippen molar-refractivity contribution in [2.24, 2.45) is 17.3 Å². The average molecular weight is 435 g/mol. The third kappa shape index (κ3) is 6.23. The van der Waals surface area contributed by atoms with Crippen molar-refractivity contribution in [1.29, 1.82) is 0 Å². The standard InChI is InChI=1S/C25H42N2O2S/c1-20-19-27(16-7-8-21-11-13-24(2,3)14-12-21)17-15-25(20,4)22-9-6-10-23(18-22)26-30(5,28)29/h6,9-10,18,20-21,26H,7-8,11-17,19H2,1-5H3/t20-,25-/m0/s1. The summed E-state index contributed by atoms with van der Waals surface area (Å²) >= 11 is 0. The summed E-state index contributed by atoms with van der Waals surface area (Å²) in [6, 6.07) is 7.99. The highest BCUT2D eigenvalue weighted by atomic mass is 32.2. The molecule has 4 nitrogen and oxygen atoms in total. The lowest BCUT2D eigenvalue weighted by Gasteiger charge is -2.45. The summed E-state index contributed by atoms with van der Waals surface area (Å²) in [7, 11) is -3.25. The van der Waals surface area contributed by atoms with E-state index in [4.69, 9.17) is 0 Å². The highest BCUT2D eigenvalue weighted by molar-refractivity contribution is 7.92. The largest absolute Gasteiger partial charge is 0.303 e. The molecular formula is C25H42N2O2S. The van der Waals surface area contributed by atoms with Gasteiger partial charge in [-0.25, -0.2) is 8.42 Å². The third-order valence-electron chi connectivity index (χ3n) is 7.94. The van der Waals surface area contributed by atoms with Gasteiger partial charge in [0.1, 0.15) is 0 Å². The fraction of sp³-hybridized carbons (Fsp3) is 0.760. The zero-order valence-corrected chi connectivity index (χ0v) is 20.5. The quantitative estimate of drug-likeness (QED) is 0.603. The van der Waals surface area contributed by atoms with E-state index in [1.807, 2.05) is 18.2 Å². The van der Waals surface area contributed by atoms with Crippen molar-refractivity contribution in [3.63, 3.8) is 0 Å². The molecule has 0 unspecified atom stereocenters. The molecule has 170 valence electrons. The maximum absolute atomic E-state index is 11.6. The van der Waals surface area contributed by atoms with Crippen LogP contribution in [0.4, 0.5) is 5.69 Å². The first-order valence-corrected chi connectivity index (χ1v) is 13.7. The Morgan fingerprint density at radius 1 is 1.13 bits per heavy atom. The maximum Gasteiger partial charge on any atom is 0.229 e. The lowest BCUT2D eigenvalue weighted by molar-refractivity contribution is 0.105. The molecule has 1 aliphatic heterocycles. The van der Waals surface area contributed by atoms with Crippen LogP contribution in [0.15, 0.2) is 24.3 Å². The van der Waals surface area contributed by atoms with Gasteiger partial charge in [0.05, 0.1) is 6.26 Å². The second kappa shape index (κ2) is 9.20. The molecule has 0 spiro atoms. The molecule has 2 atom stereocenters. The summed E-state index contributed by atoms with van der Waals surface area (Å²) in [6.45, 7) is 13.0. The van der Waals surface area contributed by atoms with Crippen LogP contribution in [0.2, 0.25) is 0 Å². The zero-order chi connectivity index (χ0) is 22.0. The van der Waals surface area contributed by atoms with Gasteiger partial charge in [-0.15, -0.1) is 0 Å². The van der Waals surface area contributed by atoms with Gasteiger partial charge in [0.25, 0.3) is 0 Å². The molecular weight excluding hydrogens is 392 g/mol. The van der Waals surface area contributed by atoms with E-state index < -0.39 is 10.0 Å². The van der Waals surface area contributed by atoms with Crippen LogP contribution in [-0.2, 0) is 15.4 Å². The average Bonchev–Trinajstić information content (AvgIpc) is 2.65. The molecule has 1 aliphatic carbocycles. The summed E-state index contributed by atoms with van der Waals surface area (Å²) in [5.41, 5.74) is 2.56. The zero-order valence-electron chi connectivity index (χ0n) is 19.7. The van der Waals surface area contributed by atoms with E-state index in [9.17, 15) is 8.42 Å². The van der Waals surface area contributed by atoms with Crippen molar-refractivity contribution >= 4 is 15.7 Å². The van der Waals surface area contributed by atoms with Crippen molar-refractivity contribution in [2.75, 3.05) is 30.6 Å². The first-order valence-electron chi connectivity index (χ1n) is 11.8. The fourth-order valence-corrected chi connectivity index (χ4v) is 6.01. The van der Waals surface area contributed by atoms with Crippen LogP contribution in [0.1, 0.15) is 78.2 Å². The molecule has 1 heterocycles. The molecule has 1 aromatic carbocycles. The van der Waals surface area contributed by atoms with Gasteiger partial charge in [-0.3, -0.25) is 4.72 Å². The number of likely N-dealkylation sites (tertiary alicyclic amines) is 1. The lowest BCUT2D eigenvalue weighted by Crippen LogP contribution is -2.47. The molecule has 1 aromatic rings. The van der Waals surface area contributed by atoms with E-state index in [-0.39, 0.29) is 5.41 Å². The molecule has 2 aliphatic rings. The number of piperidine rings is 1. The number of rotatable bonds is 7. The molecule has 0 amide bonds. The number of benzene rings is 1. The van der Waals surface area contributed by atoms with E-state index in [2.05, 4.69) is 43.4 Å². The Bertz CT molecular complexity index is 810. The Morgan fingerprint density at radius 3 is 2.47 bits per heavy atom. The first kappa shape index (κ1) is 23.6. The van der Waals surface area contributed by atoms with E-state index in [0.29, 0.717) is 17.0 Å². The minimum Gasteiger partial charge on any atom is -0.303 e. The van der Waals surface area contributed by atoms with Crippen molar-refractivity contribution < 1.29 is 8.42 Å². The Morgan fingerprint density at radius 2 is 1.83 bits per heavy atom. The van der Waals surface area contributed by atoms with E-state index in [1.54, 1.807) is 0 Å². The summed E-state index contributed by atoms with van der Waals surface area (Å²) in [5.74, 6) is 1.48. The van der Waals surface area contributed by atoms with Crippen LogP contribution in [0.25, 0.3) is 0 Å². The number of nitrogens with zero attached hydrogens (tertiary/aromatic N) is 1. The normalized spacial score (nSPS) is 28.4. The van der Waals surface area contributed by atoms with Gasteiger partial charge in [-0.1, -0.05) is 39.8 Å². The van der Waals surface area contributed by atoms with Gasteiger partial charge >= 0.3 is 0 Å². The van der Waals surface area contributed by atoms with Crippen LogP contribution in [0, 0.1) is 17.3 Å². The molecule has 0 aromatic heterocycles. The first-order chi connectivity index (χ1) is 14.0. The summed E-state index contributed by atoms with van der Waals surface area (Å²) in [6.07, 6.45) is 10.7. The van der Waals surface area contributed by atoms with E-state index in [0.717, 1.165) is 25.4 Å². The Balaban J connectivity index is 1.51. The van der Waals surface area contributed by atoms with Crippen molar-refractivity contribution in [1.82, 2.24) is 4.90 Å².